The molecule has 1 fully saturated rings. The number of nitrogens with zero attached hydrogens (tertiary/aromatic N) is 1. The van der Waals surface area contributed by atoms with Crippen LogP contribution >= 0.6 is 15.9 Å². The number of benzene rings is 2. The molecule has 3 rings (SSSR count). The Morgan fingerprint density at radius 1 is 0.968 bits per heavy atom. The number of hydrogen-bond acceptors (Lipinski definition) is 5. The lowest BCUT2D eigenvalue weighted by atomic mass is 10.0. The number of anilines is 1. The molecule has 0 aromatic heterocycles. The quantitative estimate of drug-likeness (QED) is 0.478. The predicted octanol–water partition coefficient (Wildman–Crippen LogP) is 4.53. The van der Waals surface area contributed by atoms with Gasteiger partial charge in [0.25, 0.3) is 11.8 Å². The van der Waals surface area contributed by atoms with Crippen LogP contribution in [0.5, 0.6) is 11.5 Å². The predicted molar refractivity (Wildman–Crippen MR) is 121 cm³/mol. The van der Waals surface area contributed by atoms with E-state index in [9.17, 15) is 14.4 Å². The molecule has 4 amide bonds. The zero-order valence-corrected chi connectivity index (χ0v) is 19.3. The molecule has 0 atom stereocenters. The van der Waals surface area contributed by atoms with Crippen LogP contribution in [0.15, 0.2) is 40.4 Å². The molecule has 162 valence electrons. The van der Waals surface area contributed by atoms with E-state index in [4.69, 9.17) is 9.47 Å². The first kappa shape index (κ1) is 22.6. The highest BCUT2D eigenvalue weighted by molar-refractivity contribution is 9.10. The lowest BCUT2D eigenvalue weighted by molar-refractivity contribution is -0.122. The Labute approximate surface area is 189 Å². The van der Waals surface area contributed by atoms with Gasteiger partial charge in [-0.15, -0.1) is 0 Å². The Balaban J connectivity index is 2.05. The zero-order valence-electron chi connectivity index (χ0n) is 17.7. The van der Waals surface area contributed by atoms with Crippen molar-refractivity contribution < 1.29 is 23.9 Å². The molecule has 1 aliphatic rings. The third-order valence-corrected chi connectivity index (χ3v) is 5.09. The van der Waals surface area contributed by atoms with Crippen molar-refractivity contribution in [2.45, 2.75) is 27.7 Å². The van der Waals surface area contributed by atoms with Crippen LogP contribution in [-0.4, -0.2) is 31.1 Å². The van der Waals surface area contributed by atoms with Crippen molar-refractivity contribution in [3.05, 3.63) is 57.1 Å². The van der Waals surface area contributed by atoms with Gasteiger partial charge in [-0.1, -0.05) is 6.07 Å². The fraction of sp³-hybridized carbons (Fsp3) is 0.261. The number of ether oxygens (including phenoxy) is 2. The Kier molecular flexibility index (Phi) is 6.80. The largest absolute Gasteiger partial charge is 0.490 e. The maximum atomic E-state index is 13.1. The number of carbonyl (C=O) groups is 3. The summed E-state index contributed by atoms with van der Waals surface area (Å²) in [5.74, 6) is -0.422. The van der Waals surface area contributed by atoms with E-state index in [0.29, 0.717) is 40.4 Å². The summed E-state index contributed by atoms with van der Waals surface area (Å²) in [6, 6.07) is 8.00. The van der Waals surface area contributed by atoms with Crippen molar-refractivity contribution >= 4 is 45.5 Å². The Morgan fingerprint density at radius 2 is 1.61 bits per heavy atom. The molecular weight excluding hydrogens is 464 g/mol. The molecule has 8 heteroatoms. The van der Waals surface area contributed by atoms with E-state index in [2.05, 4.69) is 21.2 Å². The van der Waals surface area contributed by atoms with Gasteiger partial charge in [-0.25, -0.2) is 9.69 Å². The molecule has 0 aliphatic carbocycles. The van der Waals surface area contributed by atoms with E-state index in [-0.39, 0.29) is 5.57 Å². The van der Waals surface area contributed by atoms with Crippen molar-refractivity contribution in [2.75, 3.05) is 18.1 Å². The fourth-order valence-electron chi connectivity index (χ4n) is 3.36. The molecular formula is C23H23BrN2O5. The molecule has 1 heterocycles. The molecule has 0 radical (unpaired) electrons. The third kappa shape index (κ3) is 4.80. The number of urea groups is 1. The topological polar surface area (TPSA) is 84.9 Å². The minimum Gasteiger partial charge on any atom is -0.490 e. The summed E-state index contributed by atoms with van der Waals surface area (Å²) < 4.78 is 11.9. The summed E-state index contributed by atoms with van der Waals surface area (Å²) >= 11 is 3.45. The second-order valence-electron chi connectivity index (χ2n) is 7.00. The highest BCUT2D eigenvalue weighted by Crippen LogP contribution is 2.38. The molecule has 0 bridgehead atoms. The van der Waals surface area contributed by atoms with Crippen molar-refractivity contribution in [3.63, 3.8) is 0 Å². The van der Waals surface area contributed by atoms with Gasteiger partial charge in [0.05, 0.1) is 23.4 Å². The normalized spacial score (nSPS) is 15.3. The molecule has 0 saturated carbocycles. The number of hydrogen-bond donors (Lipinski definition) is 1. The van der Waals surface area contributed by atoms with Crippen LogP contribution in [0.2, 0.25) is 0 Å². The first-order chi connectivity index (χ1) is 14.7. The molecule has 31 heavy (non-hydrogen) atoms. The molecule has 1 aliphatic heterocycles. The maximum absolute atomic E-state index is 13.1. The standard InChI is InChI=1S/C23H23BrN2O5/c1-5-30-19-12-15(11-18(24)20(19)31-6-2)10-17-21(27)25-23(29)26(22(17)28)16-8-13(3)7-14(4)9-16/h7-12H,5-6H2,1-4H3,(H,25,27,29)/b17-10+. The van der Waals surface area contributed by atoms with Crippen molar-refractivity contribution in [1.82, 2.24) is 5.32 Å². The molecule has 1 N–H and O–H groups in total. The van der Waals surface area contributed by atoms with E-state index >= 15 is 0 Å². The second kappa shape index (κ2) is 9.34. The van der Waals surface area contributed by atoms with Crippen LogP contribution in [0.1, 0.15) is 30.5 Å². The van der Waals surface area contributed by atoms with Crippen LogP contribution < -0.4 is 19.7 Å². The molecule has 0 unspecified atom stereocenters. The van der Waals surface area contributed by atoms with Gasteiger partial charge in [0.1, 0.15) is 5.57 Å². The van der Waals surface area contributed by atoms with Crippen LogP contribution in [0, 0.1) is 13.8 Å². The van der Waals surface area contributed by atoms with Gasteiger partial charge in [0.2, 0.25) is 0 Å². The number of aryl methyl sites for hydroxylation is 2. The first-order valence-electron chi connectivity index (χ1n) is 9.84. The van der Waals surface area contributed by atoms with Gasteiger partial charge in [0, 0.05) is 0 Å². The van der Waals surface area contributed by atoms with Crippen LogP contribution in [0.4, 0.5) is 10.5 Å². The van der Waals surface area contributed by atoms with Crippen molar-refractivity contribution in [2.24, 2.45) is 0 Å². The fourth-order valence-corrected chi connectivity index (χ4v) is 3.93. The second-order valence-corrected chi connectivity index (χ2v) is 7.85. The minimum atomic E-state index is -0.778. The molecule has 7 nitrogen and oxygen atoms in total. The van der Waals surface area contributed by atoms with E-state index < -0.39 is 17.8 Å². The summed E-state index contributed by atoms with van der Waals surface area (Å²) in [5.41, 5.74) is 2.59. The summed E-state index contributed by atoms with van der Waals surface area (Å²) in [6.45, 7) is 8.32. The average Bonchev–Trinajstić information content (AvgIpc) is 2.67. The monoisotopic (exact) mass is 486 g/mol. The summed E-state index contributed by atoms with van der Waals surface area (Å²) in [6.07, 6.45) is 1.43. The number of nitrogens with one attached hydrogen (secondary N) is 1. The van der Waals surface area contributed by atoms with E-state index in [0.717, 1.165) is 16.0 Å². The first-order valence-corrected chi connectivity index (χ1v) is 10.6. The molecule has 0 spiro atoms. The minimum absolute atomic E-state index is 0.155. The lowest BCUT2D eigenvalue weighted by Crippen LogP contribution is -2.54. The smallest absolute Gasteiger partial charge is 0.335 e. The number of barbiturate groups is 1. The molecule has 1 saturated heterocycles. The molecule has 2 aromatic rings. The van der Waals surface area contributed by atoms with Gasteiger partial charge >= 0.3 is 6.03 Å². The number of amides is 4. The Bertz CT molecular complexity index is 1070. The number of imide groups is 2. The number of rotatable bonds is 6. The van der Waals surface area contributed by atoms with Crippen LogP contribution in [0.25, 0.3) is 6.08 Å². The Hall–Kier alpha value is -3.13. The van der Waals surface area contributed by atoms with Gasteiger partial charge < -0.3 is 9.47 Å². The van der Waals surface area contributed by atoms with Gasteiger partial charge in [-0.2, -0.15) is 0 Å². The van der Waals surface area contributed by atoms with Crippen molar-refractivity contribution in [1.29, 1.82) is 0 Å². The molecule has 2 aromatic carbocycles. The summed E-state index contributed by atoms with van der Waals surface area (Å²) in [5, 5.41) is 2.24. The number of carbonyl (C=O) groups excluding carboxylic acids is 3. The summed E-state index contributed by atoms with van der Waals surface area (Å²) in [4.78, 5) is 39.0. The van der Waals surface area contributed by atoms with Crippen LogP contribution in [-0.2, 0) is 9.59 Å². The lowest BCUT2D eigenvalue weighted by Gasteiger charge is -2.27. The highest BCUT2D eigenvalue weighted by Gasteiger charge is 2.37. The van der Waals surface area contributed by atoms with Crippen LogP contribution in [0.3, 0.4) is 0 Å². The van der Waals surface area contributed by atoms with Crippen molar-refractivity contribution in [3.8, 4) is 11.5 Å². The van der Waals surface area contributed by atoms with E-state index in [1.807, 2.05) is 33.8 Å². The average molecular weight is 487 g/mol. The Morgan fingerprint density at radius 3 is 2.23 bits per heavy atom. The van der Waals surface area contributed by atoms with Gasteiger partial charge in [-0.05, 0) is 90.7 Å². The maximum Gasteiger partial charge on any atom is 0.335 e. The van der Waals surface area contributed by atoms with Gasteiger partial charge in [-0.3, -0.25) is 14.9 Å². The SMILES string of the molecule is CCOc1cc(/C=C2\C(=O)NC(=O)N(c3cc(C)cc(C)c3)C2=O)cc(Br)c1OCC. The third-order valence-electron chi connectivity index (χ3n) is 4.50. The summed E-state index contributed by atoms with van der Waals surface area (Å²) in [7, 11) is 0. The van der Waals surface area contributed by atoms with Gasteiger partial charge in [0.15, 0.2) is 11.5 Å². The number of halogens is 1. The highest BCUT2D eigenvalue weighted by atomic mass is 79.9. The van der Waals surface area contributed by atoms with E-state index in [1.165, 1.54) is 6.08 Å². The van der Waals surface area contributed by atoms with E-state index in [1.54, 1.807) is 24.3 Å². The zero-order chi connectivity index (χ0) is 22.7.